The number of halogens is 1. The molecule has 0 aromatic heterocycles. The van der Waals surface area contributed by atoms with Crippen LogP contribution in [0.1, 0.15) is 18.5 Å². The fourth-order valence-electron chi connectivity index (χ4n) is 3.61. The summed E-state index contributed by atoms with van der Waals surface area (Å²) in [5, 5.41) is 7.86. The van der Waals surface area contributed by atoms with Crippen molar-refractivity contribution in [2.45, 2.75) is 13.0 Å². The van der Waals surface area contributed by atoms with Crippen molar-refractivity contribution in [2.24, 2.45) is 0 Å². The number of rotatable bonds is 6. The summed E-state index contributed by atoms with van der Waals surface area (Å²) in [6.45, 7) is 4.98. The standard InChI is InChI=1S/C23H28FN5O3/c1-16(30)26-19-4-3-5-20(14-19)27-23(32)22(31)25-15-21(17-6-8-18(24)9-7-17)29-12-10-28(2)11-13-29/h3-9,14,21H,10-13,15H2,1-2H3,(H,25,31)(H,26,30)(H,27,32)/t21-/m1/s1. The topological polar surface area (TPSA) is 93.8 Å². The summed E-state index contributed by atoms with van der Waals surface area (Å²) in [5.74, 6) is -2.13. The molecule has 32 heavy (non-hydrogen) atoms. The van der Waals surface area contributed by atoms with Crippen LogP contribution in [0.25, 0.3) is 0 Å². The Kier molecular flexibility index (Phi) is 7.91. The van der Waals surface area contributed by atoms with Crippen molar-refractivity contribution < 1.29 is 18.8 Å². The molecule has 1 heterocycles. The smallest absolute Gasteiger partial charge is 0.313 e. The maximum Gasteiger partial charge on any atom is 0.313 e. The molecule has 1 aliphatic rings. The molecule has 170 valence electrons. The van der Waals surface area contributed by atoms with Gasteiger partial charge in [0.1, 0.15) is 5.82 Å². The molecule has 9 heteroatoms. The van der Waals surface area contributed by atoms with E-state index in [9.17, 15) is 18.8 Å². The molecule has 1 fully saturated rings. The predicted octanol–water partition coefficient (Wildman–Crippen LogP) is 1.83. The van der Waals surface area contributed by atoms with Crippen molar-refractivity contribution in [3.05, 3.63) is 59.9 Å². The van der Waals surface area contributed by atoms with Crippen molar-refractivity contribution in [1.82, 2.24) is 15.1 Å². The predicted molar refractivity (Wildman–Crippen MR) is 121 cm³/mol. The zero-order valence-corrected chi connectivity index (χ0v) is 18.2. The molecular weight excluding hydrogens is 413 g/mol. The first-order valence-corrected chi connectivity index (χ1v) is 10.5. The molecule has 0 saturated carbocycles. The van der Waals surface area contributed by atoms with Gasteiger partial charge < -0.3 is 20.9 Å². The second-order valence-corrected chi connectivity index (χ2v) is 7.83. The van der Waals surface area contributed by atoms with Gasteiger partial charge in [0.05, 0.1) is 6.04 Å². The number of carbonyl (C=O) groups is 3. The molecule has 1 saturated heterocycles. The van der Waals surface area contributed by atoms with Crippen molar-refractivity contribution >= 4 is 29.1 Å². The minimum Gasteiger partial charge on any atom is -0.346 e. The van der Waals surface area contributed by atoms with Gasteiger partial charge in [-0.3, -0.25) is 19.3 Å². The van der Waals surface area contributed by atoms with Crippen molar-refractivity contribution in [2.75, 3.05) is 50.4 Å². The lowest BCUT2D eigenvalue weighted by molar-refractivity contribution is -0.136. The lowest BCUT2D eigenvalue weighted by atomic mass is 10.0. The number of hydrogen-bond acceptors (Lipinski definition) is 5. The third-order valence-corrected chi connectivity index (χ3v) is 5.34. The van der Waals surface area contributed by atoms with E-state index in [0.717, 1.165) is 31.7 Å². The van der Waals surface area contributed by atoms with Gasteiger partial charge >= 0.3 is 11.8 Å². The van der Waals surface area contributed by atoms with Gasteiger partial charge in [-0.15, -0.1) is 0 Å². The first kappa shape index (κ1) is 23.4. The van der Waals surface area contributed by atoms with Crippen LogP contribution in [0, 0.1) is 5.82 Å². The number of nitrogens with one attached hydrogen (secondary N) is 3. The average molecular weight is 442 g/mol. The Morgan fingerprint density at radius 3 is 2.19 bits per heavy atom. The summed E-state index contributed by atoms with van der Waals surface area (Å²) in [6.07, 6.45) is 0. The van der Waals surface area contributed by atoms with Crippen LogP contribution in [-0.4, -0.2) is 67.3 Å². The number of amides is 3. The third kappa shape index (κ3) is 6.60. The Morgan fingerprint density at radius 2 is 1.56 bits per heavy atom. The monoisotopic (exact) mass is 441 g/mol. The molecule has 0 unspecified atom stereocenters. The SMILES string of the molecule is CC(=O)Nc1cccc(NC(=O)C(=O)NC[C@H](c2ccc(F)cc2)N2CCN(C)CC2)c1. The summed E-state index contributed by atoms with van der Waals surface area (Å²) in [4.78, 5) is 40.5. The average Bonchev–Trinajstić information content (AvgIpc) is 2.76. The Labute approximate surface area is 186 Å². The highest BCUT2D eigenvalue weighted by atomic mass is 19.1. The molecule has 3 amide bonds. The van der Waals surface area contributed by atoms with Crippen LogP contribution in [-0.2, 0) is 14.4 Å². The van der Waals surface area contributed by atoms with Crippen molar-refractivity contribution in [3.63, 3.8) is 0 Å². The number of carbonyl (C=O) groups excluding carboxylic acids is 3. The lowest BCUT2D eigenvalue weighted by Crippen LogP contribution is -2.49. The Morgan fingerprint density at radius 1 is 0.938 bits per heavy atom. The maximum absolute atomic E-state index is 13.4. The summed E-state index contributed by atoms with van der Waals surface area (Å²) in [6, 6.07) is 12.6. The minimum absolute atomic E-state index is 0.177. The van der Waals surface area contributed by atoms with Gasteiger partial charge in [0.25, 0.3) is 0 Å². The molecule has 0 spiro atoms. The van der Waals surface area contributed by atoms with E-state index in [2.05, 4.69) is 32.8 Å². The molecule has 2 aromatic carbocycles. The molecule has 0 aliphatic carbocycles. The second-order valence-electron chi connectivity index (χ2n) is 7.83. The summed E-state index contributed by atoms with van der Waals surface area (Å²) >= 11 is 0. The lowest BCUT2D eigenvalue weighted by Gasteiger charge is -2.38. The van der Waals surface area contributed by atoms with E-state index in [1.54, 1.807) is 36.4 Å². The molecule has 1 atom stereocenters. The first-order valence-electron chi connectivity index (χ1n) is 10.5. The molecule has 0 bridgehead atoms. The summed E-state index contributed by atoms with van der Waals surface area (Å²) in [5.41, 5.74) is 1.78. The summed E-state index contributed by atoms with van der Waals surface area (Å²) < 4.78 is 13.4. The van der Waals surface area contributed by atoms with Crippen LogP contribution in [0.3, 0.4) is 0 Å². The number of likely N-dealkylation sites (N-methyl/N-ethyl adjacent to an activating group) is 1. The van der Waals surface area contributed by atoms with Gasteiger partial charge in [-0.25, -0.2) is 4.39 Å². The quantitative estimate of drug-likeness (QED) is 0.595. The van der Waals surface area contributed by atoms with E-state index >= 15 is 0 Å². The molecule has 0 radical (unpaired) electrons. The third-order valence-electron chi connectivity index (χ3n) is 5.34. The van der Waals surface area contributed by atoms with Crippen molar-refractivity contribution in [3.8, 4) is 0 Å². The van der Waals surface area contributed by atoms with Gasteiger partial charge in [0.15, 0.2) is 0 Å². The molecule has 1 aliphatic heterocycles. The van der Waals surface area contributed by atoms with E-state index in [0.29, 0.717) is 11.4 Å². The van der Waals surface area contributed by atoms with Gasteiger partial charge in [0, 0.05) is 51.0 Å². The van der Waals surface area contributed by atoms with Crippen molar-refractivity contribution in [1.29, 1.82) is 0 Å². The summed E-state index contributed by atoms with van der Waals surface area (Å²) in [7, 11) is 2.05. The zero-order chi connectivity index (χ0) is 23.1. The highest BCUT2D eigenvalue weighted by Gasteiger charge is 2.25. The van der Waals surface area contributed by atoms with Crippen LogP contribution < -0.4 is 16.0 Å². The molecule has 3 rings (SSSR count). The van der Waals surface area contributed by atoms with Crippen LogP contribution in [0.15, 0.2) is 48.5 Å². The number of anilines is 2. The van der Waals surface area contributed by atoms with Gasteiger partial charge in [-0.2, -0.15) is 0 Å². The Balaban J connectivity index is 1.63. The van der Waals surface area contributed by atoms with Crippen LogP contribution >= 0.6 is 0 Å². The van der Waals surface area contributed by atoms with Crippen LogP contribution in [0.5, 0.6) is 0 Å². The van der Waals surface area contributed by atoms with E-state index in [-0.39, 0.29) is 24.3 Å². The zero-order valence-electron chi connectivity index (χ0n) is 18.2. The molecule has 8 nitrogen and oxygen atoms in total. The number of hydrogen-bond donors (Lipinski definition) is 3. The highest BCUT2D eigenvalue weighted by Crippen LogP contribution is 2.22. The fraction of sp³-hybridized carbons (Fsp3) is 0.348. The molecule has 2 aromatic rings. The minimum atomic E-state index is -0.804. The van der Waals surface area contributed by atoms with Crippen LogP contribution in [0.2, 0.25) is 0 Å². The van der Waals surface area contributed by atoms with E-state index in [1.807, 2.05) is 0 Å². The highest BCUT2D eigenvalue weighted by molar-refractivity contribution is 6.39. The Bertz CT molecular complexity index is 958. The number of piperazine rings is 1. The molecule has 3 N–H and O–H groups in total. The van der Waals surface area contributed by atoms with Gasteiger partial charge in [0.2, 0.25) is 5.91 Å². The van der Waals surface area contributed by atoms with E-state index in [4.69, 9.17) is 0 Å². The maximum atomic E-state index is 13.4. The molecular formula is C23H28FN5O3. The van der Waals surface area contributed by atoms with Gasteiger partial charge in [-0.05, 0) is 42.9 Å². The fourth-order valence-corrected chi connectivity index (χ4v) is 3.61. The number of benzene rings is 2. The largest absolute Gasteiger partial charge is 0.346 e. The normalized spacial score (nSPS) is 15.6. The van der Waals surface area contributed by atoms with E-state index in [1.165, 1.54) is 19.1 Å². The van der Waals surface area contributed by atoms with E-state index < -0.39 is 11.8 Å². The first-order chi connectivity index (χ1) is 15.3. The van der Waals surface area contributed by atoms with Gasteiger partial charge in [-0.1, -0.05) is 18.2 Å². The Hall–Kier alpha value is -3.30. The van der Waals surface area contributed by atoms with Crippen LogP contribution in [0.4, 0.5) is 15.8 Å². The second kappa shape index (κ2) is 10.8. The number of nitrogens with zero attached hydrogens (tertiary/aromatic N) is 2.